The van der Waals surface area contributed by atoms with Gasteiger partial charge in [-0.05, 0) is 25.2 Å². The van der Waals surface area contributed by atoms with Gasteiger partial charge in [0.2, 0.25) is 0 Å². The molecule has 6 nitrogen and oxygen atoms in total. The van der Waals surface area contributed by atoms with Crippen LogP contribution in [0.25, 0.3) is 0 Å². The fraction of sp³-hybridized carbons (Fsp3) is 0.935. The van der Waals surface area contributed by atoms with E-state index in [1.54, 1.807) is 0 Å². The zero-order valence-electron chi connectivity index (χ0n) is 35.3. The summed E-state index contributed by atoms with van der Waals surface area (Å²) in [6.07, 6.45) is 39.3. The van der Waals surface area contributed by atoms with Crippen LogP contribution in [-0.4, -0.2) is 37.2 Å². The third-order valence-corrected chi connectivity index (χ3v) is 10.7. The SMILES string of the molecule is CCCCCCCCCCCCCCC(=O)OC[C@@H](COC(=O)CCCCCCCCCCCC)OC(=O)CCCCCCCCCCC(C)CC. The summed E-state index contributed by atoms with van der Waals surface area (Å²) in [4.78, 5) is 37.7. The van der Waals surface area contributed by atoms with Crippen LogP contribution in [0, 0.1) is 5.92 Å². The fourth-order valence-corrected chi connectivity index (χ4v) is 6.77. The molecule has 52 heavy (non-hydrogen) atoms. The average Bonchev–Trinajstić information content (AvgIpc) is 3.14. The number of ether oxygens (including phenoxy) is 3. The second-order valence-electron chi connectivity index (χ2n) is 15.9. The number of hydrogen-bond acceptors (Lipinski definition) is 6. The number of esters is 3. The van der Waals surface area contributed by atoms with Gasteiger partial charge in [-0.25, -0.2) is 0 Å². The third-order valence-electron chi connectivity index (χ3n) is 10.7. The molecule has 0 saturated carbocycles. The van der Waals surface area contributed by atoms with Crippen molar-refractivity contribution >= 4 is 17.9 Å². The molecule has 0 rings (SSSR count). The molecule has 0 radical (unpaired) electrons. The summed E-state index contributed by atoms with van der Waals surface area (Å²) >= 11 is 0. The van der Waals surface area contributed by atoms with Gasteiger partial charge in [-0.15, -0.1) is 0 Å². The molecule has 0 aliphatic carbocycles. The maximum Gasteiger partial charge on any atom is 0.306 e. The Morgan fingerprint density at radius 2 is 0.673 bits per heavy atom. The van der Waals surface area contributed by atoms with Crippen molar-refractivity contribution < 1.29 is 28.6 Å². The van der Waals surface area contributed by atoms with Crippen molar-refractivity contribution in [2.45, 2.75) is 259 Å². The van der Waals surface area contributed by atoms with Crippen molar-refractivity contribution in [3.05, 3.63) is 0 Å². The van der Waals surface area contributed by atoms with Gasteiger partial charge in [-0.2, -0.15) is 0 Å². The molecule has 0 aromatic heterocycles. The van der Waals surface area contributed by atoms with Gasteiger partial charge in [0.05, 0.1) is 0 Å². The summed E-state index contributed by atoms with van der Waals surface area (Å²) in [5.74, 6) is -0.0114. The van der Waals surface area contributed by atoms with Gasteiger partial charge in [0.15, 0.2) is 6.10 Å². The zero-order chi connectivity index (χ0) is 38.2. The normalized spacial score (nSPS) is 12.5. The van der Waals surface area contributed by atoms with E-state index in [1.807, 2.05) is 0 Å². The largest absolute Gasteiger partial charge is 0.462 e. The Morgan fingerprint density at radius 3 is 1.00 bits per heavy atom. The Bertz CT molecular complexity index is 783. The van der Waals surface area contributed by atoms with Crippen LogP contribution in [0.1, 0.15) is 252 Å². The van der Waals surface area contributed by atoms with E-state index in [2.05, 4.69) is 27.7 Å². The number of unbranched alkanes of at least 4 members (excludes halogenated alkanes) is 27. The first kappa shape index (κ1) is 50.4. The van der Waals surface area contributed by atoms with Crippen LogP contribution in [0.2, 0.25) is 0 Å². The topological polar surface area (TPSA) is 78.9 Å². The van der Waals surface area contributed by atoms with Crippen molar-refractivity contribution in [2.75, 3.05) is 13.2 Å². The van der Waals surface area contributed by atoms with E-state index in [9.17, 15) is 14.4 Å². The predicted octanol–water partition coefficient (Wildman–Crippen LogP) is 14.3. The Labute approximate surface area is 323 Å². The first-order valence-electron chi connectivity index (χ1n) is 22.9. The van der Waals surface area contributed by atoms with E-state index in [-0.39, 0.29) is 31.1 Å². The second-order valence-corrected chi connectivity index (χ2v) is 15.9. The maximum absolute atomic E-state index is 12.7. The molecule has 0 aromatic carbocycles. The summed E-state index contributed by atoms with van der Waals surface area (Å²) in [6, 6.07) is 0. The summed E-state index contributed by atoms with van der Waals surface area (Å²) in [7, 11) is 0. The molecule has 0 aliphatic rings. The average molecular weight is 737 g/mol. The van der Waals surface area contributed by atoms with Crippen LogP contribution in [0.4, 0.5) is 0 Å². The maximum atomic E-state index is 12.7. The van der Waals surface area contributed by atoms with Crippen molar-refractivity contribution in [3.63, 3.8) is 0 Å². The van der Waals surface area contributed by atoms with E-state index < -0.39 is 6.10 Å². The summed E-state index contributed by atoms with van der Waals surface area (Å²) < 4.78 is 16.7. The quantitative estimate of drug-likeness (QED) is 0.0353. The molecule has 0 spiro atoms. The van der Waals surface area contributed by atoms with Crippen LogP contribution in [-0.2, 0) is 28.6 Å². The summed E-state index contributed by atoms with van der Waals surface area (Å²) in [5.41, 5.74) is 0. The Kier molecular flexibility index (Phi) is 39.4. The van der Waals surface area contributed by atoms with Crippen molar-refractivity contribution in [2.24, 2.45) is 5.92 Å². The number of carbonyl (C=O) groups is 3. The minimum Gasteiger partial charge on any atom is -0.462 e. The van der Waals surface area contributed by atoms with Gasteiger partial charge >= 0.3 is 17.9 Å². The van der Waals surface area contributed by atoms with Crippen LogP contribution in [0.3, 0.4) is 0 Å². The van der Waals surface area contributed by atoms with Gasteiger partial charge in [0.25, 0.3) is 0 Å². The first-order chi connectivity index (χ1) is 25.4. The molecule has 0 saturated heterocycles. The van der Waals surface area contributed by atoms with Crippen LogP contribution >= 0.6 is 0 Å². The number of carbonyl (C=O) groups excluding carboxylic acids is 3. The molecule has 2 atom stereocenters. The molecule has 1 unspecified atom stereocenters. The monoisotopic (exact) mass is 737 g/mol. The van der Waals surface area contributed by atoms with E-state index in [4.69, 9.17) is 14.2 Å². The van der Waals surface area contributed by atoms with Crippen LogP contribution < -0.4 is 0 Å². The molecular formula is C46H88O6. The number of rotatable bonds is 41. The van der Waals surface area contributed by atoms with Gasteiger partial charge in [0.1, 0.15) is 13.2 Å². The second kappa shape index (κ2) is 40.6. The highest BCUT2D eigenvalue weighted by Crippen LogP contribution is 2.17. The van der Waals surface area contributed by atoms with Crippen molar-refractivity contribution in [1.29, 1.82) is 0 Å². The fourth-order valence-electron chi connectivity index (χ4n) is 6.77. The van der Waals surface area contributed by atoms with Gasteiger partial charge in [-0.1, -0.05) is 214 Å². The standard InChI is InChI=1S/C46H88O6/c1-5-8-10-12-14-16-18-19-21-26-30-34-38-45(48)51-41-43(40-50-44(47)37-33-29-25-20-17-15-13-11-9-6-2)52-46(49)39-35-31-27-23-22-24-28-32-36-42(4)7-3/h42-43H,5-41H2,1-4H3/t42?,43-/m1/s1. The molecule has 0 aliphatic heterocycles. The molecule has 0 aromatic rings. The number of hydrogen-bond donors (Lipinski definition) is 0. The Balaban J connectivity index is 4.34. The lowest BCUT2D eigenvalue weighted by Gasteiger charge is -2.18. The van der Waals surface area contributed by atoms with Crippen molar-refractivity contribution in [1.82, 2.24) is 0 Å². The molecular weight excluding hydrogens is 648 g/mol. The highest BCUT2D eigenvalue weighted by atomic mass is 16.6. The molecule has 308 valence electrons. The lowest BCUT2D eigenvalue weighted by atomic mass is 9.99. The first-order valence-corrected chi connectivity index (χ1v) is 22.9. The van der Waals surface area contributed by atoms with Crippen molar-refractivity contribution in [3.8, 4) is 0 Å². The highest BCUT2D eigenvalue weighted by Gasteiger charge is 2.19. The van der Waals surface area contributed by atoms with Crippen LogP contribution in [0.5, 0.6) is 0 Å². The lowest BCUT2D eigenvalue weighted by molar-refractivity contribution is -0.167. The Morgan fingerprint density at radius 1 is 0.385 bits per heavy atom. The predicted molar refractivity (Wildman–Crippen MR) is 220 cm³/mol. The lowest BCUT2D eigenvalue weighted by Crippen LogP contribution is -2.30. The Hall–Kier alpha value is -1.59. The van der Waals surface area contributed by atoms with E-state index in [1.165, 1.54) is 148 Å². The smallest absolute Gasteiger partial charge is 0.306 e. The van der Waals surface area contributed by atoms with E-state index in [0.717, 1.165) is 63.7 Å². The molecule has 0 bridgehead atoms. The zero-order valence-corrected chi connectivity index (χ0v) is 35.3. The minimum atomic E-state index is -0.759. The third kappa shape index (κ3) is 38.1. The van der Waals surface area contributed by atoms with Crippen LogP contribution in [0.15, 0.2) is 0 Å². The highest BCUT2D eigenvalue weighted by molar-refractivity contribution is 5.71. The molecule has 0 heterocycles. The van der Waals surface area contributed by atoms with Gasteiger partial charge < -0.3 is 14.2 Å². The summed E-state index contributed by atoms with van der Waals surface area (Å²) in [6.45, 7) is 8.99. The van der Waals surface area contributed by atoms with Gasteiger partial charge in [0, 0.05) is 19.3 Å². The van der Waals surface area contributed by atoms with E-state index in [0.29, 0.717) is 19.3 Å². The molecule has 0 N–H and O–H groups in total. The minimum absolute atomic E-state index is 0.0641. The molecule has 6 heteroatoms. The van der Waals surface area contributed by atoms with E-state index >= 15 is 0 Å². The summed E-state index contributed by atoms with van der Waals surface area (Å²) in [5, 5.41) is 0. The molecule has 0 amide bonds. The molecule has 0 fully saturated rings. The van der Waals surface area contributed by atoms with Gasteiger partial charge in [-0.3, -0.25) is 14.4 Å².